The number of hydrogen-bond donors (Lipinski definition) is 6. The molecular formula is C15H30O6P2S2. The summed E-state index contributed by atoms with van der Waals surface area (Å²) in [7, 11) is 0. The fraction of sp³-hybridized carbons (Fsp3) is 0.600. The van der Waals surface area contributed by atoms with Gasteiger partial charge in [0.2, 0.25) is 0 Å². The van der Waals surface area contributed by atoms with Crippen molar-refractivity contribution in [3.05, 3.63) is 35.9 Å². The first-order valence-electron chi connectivity index (χ1n) is 8.04. The zero-order chi connectivity index (χ0) is 19.8. The molecule has 0 saturated carbocycles. The van der Waals surface area contributed by atoms with E-state index < -0.39 is 13.4 Å². The van der Waals surface area contributed by atoms with E-state index in [4.69, 9.17) is 29.4 Å². The summed E-state index contributed by atoms with van der Waals surface area (Å²) in [6.07, 6.45) is 11.1. The fourth-order valence-corrected chi connectivity index (χ4v) is 1.93. The lowest BCUT2D eigenvalue weighted by atomic mass is 10.0. The van der Waals surface area contributed by atoms with Crippen molar-refractivity contribution in [2.75, 3.05) is 0 Å². The fourth-order valence-electron chi connectivity index (χ4n) is 1.93. The van der Waals surface area contributed by atoms with Crippen LogP contribution in [-0.2, 0) is 30.0 Å². The molecule has 0 heterocycles. The van der Waals surface area contributed by atoms with E-state index in [0.29, 0.717) is 0 Å². The third-order valence-corrected chi connectivity index (χ3v) is 2.91. The Labute approximate surface area is 160 Å². The van der Waals surface area contributed by atoms with Crippen LogP contribution in [0.15, 0.2) is 30.3 Å². The quantitative estimate of drug-likeness (QED) is 0.273. The Morgan fingerprint density at radius 3 is 1.44 bits per heavy atom. The van der Waals surface area contributed by atoms with Gasteiger partial charge in [0, 0.05) is 0 Å². The molecule has 25 heavy (non-hydrogen) atoms. The van der Waals surface area contributed by atoms with E-state index >= 15 is 0 Å². The molecule has 10 heteroatoms. The maximum atomic E-state index is 7.56. The van der Waals surface area contributed by atoms with Crippen LogP contribution in [0.4, 0.5) is 0 Å². The Kier molecular flexibility index (Phi) is 18.1. The van der Waals surface area contributed by atoms with E-state index in [-0.39, 0.29) is 0 Å². The third-order valence-electron chi connectivity index (χ3n) is 2.91. The molecule has 1 aromatic rings. The van der Waals surface area contributed by atoms with Gasteiger partial charge >= 0.3 is 13.4 Å². The summed E-state index contributed by atoms with van der Waals surface area (Å²) in [4.78, 5) is 45.3. The minimum absolute atomic E-state index is 1.26. The van der Waals surface area contributed by atoms with Crippen molar-refractivity contribution in [1.82, 2.24) is 0 Å². The molecule has 6 nitrogen and oxygen atoms in total. The van der Waals surface area contributed by atoms with Gasteiger partial charge in [0.1, 0.15) is 0 Å². The zero-order valence-electron chi connectivity index (χ0n) is 14.4. The van der Waals surface area contributed by atoms with Crippen LogP contribution in [0.5, 0.6) is 0 Å². The minimum Gasteiger partial charge on any atom is -0.325 e. The summed E-state index contributed by atoms with van der Waals surface area (Å²) in [5, 5.41) is 0. The van der Waals surface area contributed by atoms with E-state index in [9.17, 15) is 0 Å². The van der Waals surface area contributed by atoms with E-state index in [1.54, 1.807) is 0 Å². The van der Waals surface area contributed by atoms with Crippen molar-refractivity contribution in [2.24, 2.45) is 0 Å². The van der Waals surface area contributed by atoms with Gasteiger partial charge in [-0.15, -0.1) is 0 Å². The Balaban J connectivity index is 0. The first kappa shape index (κ1) is 27.5. The lowest BCUT2D eigenvalue weighted by Crippen LogP contribution is -1.85. The van der Waals surface area contributed by atoms with Gasteiger partial charge in [0.15, 0.2) is 0 Å². The largest absolute Gasteiger partial charge is 0.325 e. The van der Waals surface area contributed by atoms with Crippen LogP contribution in [0.25, 0.3) is 0 Å². The van der Waals surface area contributed by atoms with Crippen LogP contribution >= 0.6 is 13.4 Å². The number of rotatable bonds is 8. The second-order valence-corrected chi connectivity index (χ2v) is 10.4. The van der Waals surface area contributed by atoms with E-state index in [1.807, 2.05) is 0 Å². The number of unbranched alkanes of at least 4 members (excludes halogenated alkanes) is 6. The Morgan fingerprint density at radius 2 is 1.04 bits per heavy atom. The van der Waals surface area contributed by atoms with Crippen LogP contribution in [0.3, 0.4) is 0 Å². The zero-order valence-corrected chi connectivity index (χ0v) is 17.9. The van der Waals surface area contributed by atoms with Crippen molar-refractivity contribution in [3.8, 4) is 0 Å². The van der Waals surface area contributed by atoms with E-state index in [0.717, 1.165) is 0 Å². The second-order valence-electron chi connectivity index (χ2n) is 5.38. The summed E-state index contributed by atoms with van der Waals surface area (Å²) in [5.41, 5.74) is 1.49. The minimum atomic E-state index is -3.81. The highest BCUT2D eigenvalue weighted by molar-refractivity contribution is 8.06. The molecule has 0 aliphatic rings. The maximum absolute atomic E-state index is 7.56. The predicted octanol–water partition coefficient (Wildman–Crippen LogP) is 3.36. The summed E-state index contributed by atoms with van der Waals surface area (Å²) in [6.45, 7) is -5.34. The van der Waals surface area contributed by atoms with Crippen LogP contribution in [-0.4, -0.2) is 29.4 Å². The van der Waals surface area contributed by atoms with Crippen LogP contribution in [0.2, 0.25) is 0 Å². The van der Waals surface area contributed by atoms with Crippen molar-refractivity contribution in [2.45, 2.75) is 58.3 Å². The normalized spacial score (nSPS) is 11.0. The smallest absolute Gasteiger partial charge is 0.319 e. The molecule has 0 amide bonds. The molecule has 0 saturated heterocycles. The molecule has 148 valence electrons. The third kappa shape index (κ3) is 40.4. The molecule has 0 spiro atoms. The molecule has 1 rings (SSSR count). The molecular weight excluding hydrogens is 402 g/mol. The highest BCUT2D eigenvalue weighted by Gasteiger charge is 1.93. The second kappa shape index (κ2) is 16.5. The summed E-state index contributed by atoms with van der Waals surface area (Å²) in [6, 6.07) is 10.8. The molecule has 0 aliphatic heterocycles. The standard InChI is InChI=1S/C15H24.2H3O3PS/c1-2-3-4-5-6-7-9-12-15-13-10-8-11-14-15;2*1-4(2,3)5/h8,10-11,13-14H,2-7,9,12H2,1H3;2*(H3,1,2,3,5). The van der Waals surface area contributed by atoms with Crippen molar-refractivity contribution in [1.29, 1.82) is 0 Å². The van der Waals surface area contributed by atoms with Crippen molar-refractivity contribution < 1.29 is 29.4 Å². The van der Waals surface area contributed by atoms with Crippen molar-refractivity contribution in [3.63, 3.8) is 0 Å². The first-order valence-corrected chi connectivity index (χ1v) is 13.4. The molecule has 0 bridgehead atoms. The average Bonchev–Trinajstić information content (AvgIpc) is 2.44. The Morgan fingerprint density at radius 1 is 0.680 bits per heavy atom. The lowest BCUT2D eigenvalue weighted by Gasteiger charge is -2.01. The summed E-state index contributed by atoms with van der Waals surface area (Å²) >= 11 is 7.21. The van der Waals surface area contributed by atoms with Crippen LogP contribution < -0.4 is 0 Å². The SMILES string of the molecule is CCCCCCCCCc1ccccc1.OP(O)(O)=S.OP(O)(O)=S. The average molecular weight is 432 g/mol. The summed E-state index contributed by atoms with van der Waals surface area (Å²) in [5.74, 6) is 0. The van der Waals surface area contributed by atoms with Gasteiger partial charge in [-0.05, 0) is 42.0 Å². The van der Waals surface area contributed by atoms with Gasteiger partial charge in [-0.25, -0.2) is 0 Å². The Bertz CT molecular complexity index is 467. The van der Waals surface area contributed by atoms with E-state index in [2.05, 4.69) is 60.9 Å². The molecule has 1 aromatic carbocycles. The molecule has 0 fully saturated rings. The van der Waals surface area contributed by atoms with E-state index in [1.165, 1.54) is 56.9 Å². The highest BCUT2D eigenvalue weighted by atomic mass is 32.5. The van der Waals surface area contributed by atoms with Crippen LogP contribution in [0, 0.1) is 0 Å². The maximum Gasteiger partial charge on any atom is 0.319 e. The Hall–Kier alpha value is 0.280. The summed E-state index contributed by atoms with van der Waals surface area (Å²) < 4.78 is 0. The van der Waals surface area contributed by atoms with Gasteiger partial charge in [0.05, 0.1) is 0 Å². The molecule has 0 atom stereocenters. The molecule has 0 aliphatic carbocycles. The van der Waals surface area contributed by atoms with Gasteiger partial charge in [-0.2, -0.15) is 0 Å². The molecule has 0 aromatic heterocycles. The molecule has 0 unspecified atom stereocenters. The molecule has 6 N–H and O–H groups in total. The first-order chi connectivity index (χ1) is 11.4. The highest BCUT2D eigenvalue weighted by Crippen LogP contribution is 2.27. The van der Waals surface area contributed by atoms with Crippen LogP contribution in [0.1, 0.15) is 57.4 Å². The lowest BCUT2D eigenvalue weighted by molar-refractivity contribution is 0.361. The van der Waals surface area contributed by atoms with Gasteiger partial charge in [0.25, 0.3) is 0 Å². The van der Waals surface area contributed by atoms with Gasteiger partial charge in [-0.3, -0.25) is 0 Å². The molecule has 0 radical (unpaired) electrons. The van der Waals surface area contributed by atoms with Gasteiger partial charge < -0.3 is 29.4 Å². The number of aryl methyl sites for hydroxylation is 1. The topological polar surface area (TPSA) is 121 Å². The monoisotopic (exact) mass is 432 g/mol. The predicted molar refractivity (Wildman–Crippen MR) is 110 cm³/mol. The van der Waals surface area contributed by atoms with Gasteiger partial charge in [-0.1, -0.05) is 75.8 Å². The number of benzene rings is 1. The van der Waals surface area contributed by atoms with Crippen molar-refractivity contribution >= 4 is 37.1 Å². The number of hydrogen-bond acceptors (Lipinski definition) is 2.